The summed E-state index contributed by atoms with van der Waals surface area (Å²) in [6.45, 7) is 3.79. The minimum Gasteiger partial charge on any atom is -0.204 e. The summed E-state index contributed by atoms with van der Waals surface area (Å²) in [7, 11) is 0. The van der Waals surface area contributed by atoms with E-state index in [9.17, 15) is 8.78 Å². The molecule has 0 radical (unpaired) electrons. The Morgan fingerprint density at radius 1 is 0.688 bits per heavy atom. The van der Waals surface area contributed by atoms with E-state index in [1.165, 1.54) is 11.6 Å². The fraction of sp³-hybridized carbons (Fsp3) is 0.143. The quantitative estimate of drug-likeness (QED) is 0.622. The maximum atomic E-state index is 12.2. The summed E-state index contributed by atoms with van der Waals surface area (Å²) in [4.78, 5) is 0. The van der Waals surface area contributed by atoms with Crippen molar-refractivity contribution in [1.29, 1.82) is 0 Å². The van der Waals surface area contributed by atoms with Crippen molar-refractivity contribution in [1.82, 2.24) is 0 Å². The number of hydrogen-bond acceptors (Lipinski definition) is 0. The van der Waals surface area contributed by atoms with Gasteiger partial charge >= 0.3 is 0 Å². The number of aryl methyl sites for hydroxylation is 2. The van der Waals surface area contributed by atoms with Gasteiger partial charge in [-0.1, -0.05) is 42.0 Å². The van der Waals surface area contributed by atoms with Crippen molar-refractivity contribution in [2.75, 3.05) is 0 Å². The van der Waals surface area contributed by atoms with E-state index in [2.05, 4.69) is 19.1 Å². The molecule has 0 fully saturated rings. The van der Waals surface area contributed by atoms with Crippen LogP contribution in [0.4, 0.5) is 8.78 Å². The van der Waals surface area contributed by atoms with Gasteiger partial charge in [0.15, 0.2) is 11.6 Å². The van der Waals surface area contributed by atoms with Gasteiger partial charge in [0.1, 0.15) is 0 Å². The van der Waals surface area contributed by atoms with Crippen LogP contribution in [0.1, 0.15) is 11.1 Å². The van der Waals surface area contributed by atoms with Gasteiger partial charge in [-0.3, -0.25) is 0 Å². The largest absolute Gasteiger partial charge is 0.204 e. The van der Waals surface area contributed by atoms with Crippen LogP contribution in [0.15, 0.2) is 48.5 Å². The molecule has 0 spiro atoms. The third-order valence-electron chi connectivity index (χ3n) is 2.02. The Hall–Kier alpha value is -1.70. The normalized spacial score (nSPS) is 9.25. The zero-order valence-electron chi connectivity index (χ0n) is 9.37. The summed E-state index contributed by atoms with van der Waals surface area (Å²) in [5.74, 6) is -1.57. The van der Waals surface area contributed by atoms with Crippen molar-refractivity contribution in [3.8, 4) is 0 Å². The third kappa shape index (κ3) is 4.22. The zero-order chi connectivity index (χ0) is 12.0. The van der Waals surface area contributed by atoms with Gasteiger partial charge in [0, 0.05) is 0 Å². The van der Waals surface area contributed by atoms with Crippen LogP contribution in [0.5, 0.6) is 0 Å². The molecule has 0 aromatic heterocycles. The van der Waals surface area contributed by atoms with Gasteiger partial charge in [-0.25, -0.2) is 8.78 Å². The Kier molecular flexibility index (Phi) is 4.65. The van der Waals surface area contributed by atoms with Crippen molar-refractivity contribution in [3.63, 3.8) is 0 Å². The van der Waals surface area contributed by atoms with Crippen LogP contribution >= 0.6 is 0 Å². The summed E-state index contributed by atoms with van der Waals surface area (Å²) in [6, 6.07) is 14.1. The molecular weight excluding hydrogens is 206 g/mol. The van der Waals surface area contributed by atoms with Gasteiger partial charge in [-0.15, -0.1) is 0 Å². The van der Waals surface area contributed by atoms with E-state index in [0.29, 0.717) is 0 Å². The van der Waals surface area contributed by atoms with E-state index in [1.54, 1.807) is 6.92 Å². The maximum absolute atomic E-state index is 12.2. The lowest BCUT2D eigenvalue weighted by Crippen LogP contribution is -1.82. The van der Waals surface area contributed by atoms with Crippen LogP contribution in [0.2, 0.25) is 0 Å². The molecule has 0 aliphatic heterocycles. The fourth-order valence-electron chi connectivity index (χ4n) is 1.14. The molecule has 16 heavy (non-hydrogen) atoms. The van der Waals surface area contributed by atoms with Gasteiger partial charge in [0.05, 0.1) is 0 Å². The predicted octanol–water partition coefficient (Wildman–Crippen LogP) is 4.27. The zero-order valence-corrected chi connectivity index (χ0v) is 9.37. The summed E-state index contributed by atoms with van der Waals surface area (Å²) < 4.78 is 24.3. The van der Waals surface area contributed by atoms with Crippen LogP contribution < -0.4 is 0 Å². The molecule has 0 heterocycles. The Bertz CT molecular complexity index is 436. The van der Waals surface area contributed by atoms with Crippen molar-refractivity contribution >= 4 is 0 Å². The second kappa shape index (κ2) is 6.01. The number of rotatable bonds is 0. The van der Waals surface area contributed by atoms with Crippen LogP contribution in [0.25, 0.3) is 0 Å². The predicted molar refractivity (Wildman–Crippen MR) is 62.3 cm³/mol. The first kappa shape index (κ1) is 12.4. The highest BCUT2D eigenvalue weighted by Crippen LogP contribution is 2.06. The Labute approximate surface area is 94.6 Å². The molecule has 84 valence electrons. The molecule has 0 saturated carbocycles. The molecule has 0 unspecified atom stereocenters. The number of benzene rings is 2. The van der Waals surface area contributed by atoms with E-state index in [0.717, 1.165) is 17.7 Å². The average molecular weight is 220 g/mol. The number of hydrogen-bond donors (Lipinski definition) is 0. The Balaban J connectivity index is 0.000000165. The van der Waals surface area contributed by atoms with E-state index in [4.69, 9.17) is 0 Å². The molecule has 2 aromatic rings. The van der Waals surface area contributed by atoms with Crippen molar-refractivity contribution in [2.45, 2.75) is 13.8 Å². The first-order valence-electron chi connectivity index (χ1n) is 5.03. The van der Waals surface area contributed by atoms with E-state index in [-0.39, 0.29) is 0 Å². The summed E-state index contributed by atoms with van der Waals surface area (Å²) in [6.07, 6.45) is 0. The molecule has 0 atom stereocenters. The van der Waals surface area contributed by atoms with Crippen molar-refractivity contribution in [3.05, 3.63) is 71.3 Å². The number of halogens is 2. The molecule has 0 bridgehead atoms. The highest BCUT2D eigenvalue weighted by molar-refractivity contribution is 5.15. The first-order chi connectivity index (χ1) is 7.59. The lowest BCUT2D eigenvalue weighted by atomic mass is 10.2. The van der Waals surface area contributed by atoms with Crippen LogP contribution in [0.3, 0.4) is 0 Å². The van der Waals surface area contributed by atoms with Gasteiger partial charge in [-0.05, 0) is 31.5 Å². The molecule has 0 saturated heterocycles. The summed E-state index contributed by atoms with van der Waals surface area (Å²) in [5, 5.41) is 0. The summed E-state index contributed by atoms with van der Waals surface area (Å²) >= 11 is 0. The van der Waals surface area contributed by atoms with E-state index in [1.807, 2.05) is 18.2 Å². The molecule has 0 nitrogen and oxygen atoms in total. The fourth-order valence-corrected chi connectivity index (χ4v) is 1.14. The van der Waals surface area contributed by atoms with Gasteiger partial charge in [-0.2, -0.15) is 0 Å². The molecule has 0 aliphatic carbocycles. The third-order valence-corrected chi connectivity index (χ3v) is 2.02. The minimum atomic E-state index is -0.791. The molecule has 0 N–H and O–H groups in total. The average Bonchev–Trinajstić information content (AvgIpc) is 2.26. The minimum absolute atomic E-state index is 0.730. The van der Waals surface area contributed by atoms with Crippen molar-refractivity contribution in [2.24, 2.45) is 0 Å². The highest BCUT2D eigenvalue weighted by Gasteiger charge is 1.97. The summed E-state index contributed by atoms with van der Waals surface area (Å²) in [5.41, 5.74) is 2.05. The van der Waals surface area contributed by atoms with Crippen LogP contribution in [-0.4, -0.2) is 0 Å². The van der Waals surface area contributed by atoms with Gasteiger partial charge < -0.3 is 0 Å². The van der Waals surface area contributed by atoms with E-state index >= 15 is 0 Å². The van der Waals surface area contributed by atoms with Crippen molar-refractivity contribution < 1.29 is 8.78 Å². The smallest absolute Gasteiger partial charge is 0.159 e. The first-order valence-corrected chi connectivity index (χ1v) is 5.03. The van der Waals surface area contributed by atoms with Crippen LogP contribution in [-0.2, 0) is 0 Å². The van der Waals surface area contributed by atoms with E-state index < -0.39 is 11.6 Å². The molecule has 2 aromatic carbocycles. The molecule has 2 rings (SSSR count). The molecular formula is C14H14F2. The highest BCUT2D eigenvalue weighted by atomic mass is 19.2. The topological polar surface area (TPSA) is 0 Å². The lowest BCUT2D eigenvalue weighted by molar-refractivity contribution is 0.508. The second-order valence-electron chi connectivity index (χ2n) is 3.57. The SMILES string of the molecule is Cc1ccc(F)c(F)c1.Cc1ccccc1. The molecule has 0 aliphatic rings. The van der Waals surface area contributed by atoms with Crippen LogP contribution in [0, 0.1) is 25.5 Å². The maximum Gasteiger partial charge on any atom is 0.159 e. The lowest BCUT2D eigenvalue weighted by Gasteiger charge is -1.91. The van der Waals surface area contributed by atoms with Gasteiger partial charge in [0.25, 0.3) is 0 Å². The molecule has 2 heteroatoms. The van der Waals surface area contributed by atoms with Gasteiger partial charge in [0.2, 0.25) is 0 Å². The Morgan fingerprint density at radius 3 is 1.69 bits per heavy atom. The molecule has 0 amide bonds. The standard InChI is InChI=1S/C7H6F2.C7H8/c1-5-2-3-6(8)7(9)4-5;1-7-5-3-2-4-6-7/h2-4H,1H3;2-6H,1H3. The second-order valence-corrected chi connectivity index (χ2v) is 3.57. The monoisotopic (exact) mass is 220 g/mol. The Morgan fingerprint density at radius 2 is 1.31 bits per heavy atom.